The first kappa shape index (κ1) is 18.0. The Balaban J connectivity index is 2.87. The first-order valence-corrected chi connectivity index (χ1v) is 7.21. The van der Waals surface area contributed by atoms with E-state index >= 15 is 0 Å². The van der Waals surface area contributed by atoms with Crippen LogP contribution in [0.5, 0.6) is 0 Å². The number of nitrogens with zero attached hydrogens (tertiary/aromatic N) is 1. The smallest absolute Gasteiger partial charge is 0.251 e. The third-order valence-corrected chi connectivity index (χ3v) is 2.94. The first-order chi connectivity index (χ1) is 10.4. The van der Waals surface area contributed by atoms with Gasteiger partial charge in [0.1, 0.15) is 6.61 Å². The molecule has 1 aromatic rings. The molecule has 6 nitrogen and oxygen atoms in total. The molecule has 0 bridgehead atoms. The minimum atomic E-state index is -0.109. The highest BCUT2D eigenvalue weighted by molar-refractivity contribution is 5.96. The fourth-order valence-electron chi connectivity index (χ4n) is 1.83. The Bertz CT molecular complexity index is 515. The fourth-order valence-corrected chi connectivity index (χ4v) is 1.83. The number of carbonyl (C=O) groups is 1. The lowest BCUT2D eigenvalue weighted by molar-refractivity contribution is 0.0946. The van der Waals surface area contributed by atoms with Crippen LogP contribution in [0.15, 0.2) is 30.5 Å². The summed E-state index contributed by atoms with van der Waals surface area (Å²) in [6.45, 7) is 7.20. The van der Waals surface area contributed by atoms with Gasteiger partial charge in [-0.2, -0.15) is 0 Å². The van der Waals surface area contributed by atoms with Gasteiger partial charge in [-0.15, -0.1) is 0 Å². The SMILES string of the molecule is C=C(C)OCc1ccc(NNC)cc1C(=O)NCCN(C)C. The van der Waals surface area contributed by atoms with E-state index in [1.54, 1.807) is 20.0 Å². The van der Waals surface area contributed by atoms with Gasteiger partial charge in [0.05, 0.1) is 5.76 Å². The second-order valence-corrected chi connectivity index (χ2v) is 5.30. The second-order valence-electron chi connectivity index (χ2n) is 5.30. The number of carbonyl (C=O) groups excluding carboxylic acids is 1. The van der Waals surface area contributed by atoms with Crippen molar-refractivity contribution < 1.29 is 9.53 Å². The minimum absolute atomic E-state index is 0.109. The third-order valence-electron chi connectivity index (χ3n) is 2.94. The number of hydrazine groups is 1. The predicted molar refractivity (Wildman–Crippen MR) is 89.6 cm³/mol. The lowest BCUT2D eigenvalue weighted by atomic mass is 10.1. The van der Waals surface area contributed by atoms with E-state index in [-0.39, 0.29) is 5.91 Å². The van der Waals surface area contributed by atoms with Crippen LogP contribution in [0.3, 0.4) is 0 Å². The maximum Gasteiger partial charge on any atom is 0.251 e. The molecule has 0 heterocycles. The molecule has 0 aliphatic carbocycles. The van der Waals surface area contributed by atoms with Gasteiger partial charge in [-0.1, -0.05) is 12.6 Å². The van der Waals surface area contributed by atoms with Gasteiger partial charge in [0.15, 0.2) is 0 Å². The number of likely N-dealkylation sites (N-methyl/N-ethyl adjacent to an activating group) is 1. The topological polar surface area (TPSA) is 65.6 Å². The van der Waals surface area contributed by atoms with Crippen LogP contribution in [0.2, 0.25) is 0 Å². The molecule has 0 aliphatic rings. The normalized spacial score (nSPS) is 10.4. The Kier molecular flexibility index (Phi) is 7.42. The molecule has 0 saturated carbocycles. The van der Waals surface area contributed by atoms with Crippen molar-refractivity contribution in [1.29, 1.82) is 0 Å². The molecule has 1 aromatic carbocycles. The Morgan fingerprint density at radius 1 is 1.36 bits per heavy atom. The Morgan fingerprint density at radius 2 is 2.09 bits per heavy atom. The number of anilines is 1. The molecule has 0 saturated heterocycles. The molecule has 0 aliphatic heterocycles. The molecular weight excluding hydrogens is 280 g/mol. The first-order valence-electron chi connectivity index (χ1n) is 7.21. The summed E-state index contributed by atoms with van der Waals surface area (Å²) in [7, 11) is 5.71. The maximum absolute atomic E-state index is 12.4. The molecule has 0 fully saturated rings. The quantitative estimate of drug-likeness (QED) is 0.477. The molecule has 0 unspecified atom stereocenters. The summed E-state index contributed by atoms with van der Waals surface area (Å²) >= 11 is 0. The zero-order valence-corrected chi connectivity index (χ0v) is 13.8. The highest BCUT2D eigenvalue weighted by atomic mass is 16.5. The van der Waals surface area contributed by atoms with E-state index in [0.717, 1.165) is 17.8 Å². The van der Waals surface area contributed by atoms with Crippen molar-refractivity contribution in [2.75, 3.05) is 39.7 Å². The Hall–Kier alpha value is -2.05. The highest BCUT2D eigenvalue weighted by Crippen LogP contribution is 2.17. The molecule has 3 N–H and O–H groups in total. The van der Waals surface area contributed by atoms with E-state index < -0.39 is 0 Å². The van der Waals surface area contributed by atoms with Gasteiger partial charge in [0.2, 0.25) is 0 Å². The van der Waals surface area contributed by atoms with Gasteiger partial charge < -0.3 is 20.4 Å². The summed E-state index contributed by atoms with van der Waals surface area (Å²) in [6.07, 6.45) is 0. The number of nitrogens with one attached hydrogen (secondary N) is 3. The summed E-state index contributed by atoms with van der Waals surface area (Å²) in [5.41, 5.74) is 8.06. The van der Waals surface area contributed by atoms with Crippen LogP contribution in [0, 0.1) is 0 Å². The van der Waals surface area contributed by atoms with E-state index in [1.807, 2.05) is 31.1 Å². The largest absolute Gasteiger partial charge is 0.494 e. The number of amides is 1. The molecule has 1 amide bonds. The van der Waals surface area contributed by atoms with Gasteiger partial charge >= 0.3 is 0 Å². The molecule has 122 valence electrons. The van der Waals surface area contributed by atoms with Crippen LogP contribution in [0.1, 0.15) is 22.8 Å². The summed E-state index contributed by atoms with van der Waals surface area (Å²) in [5.74, 6) is 0.512. The zero-order valence-electron chi connectivity index (χ0n) is 13.8. The van der Waals surface area contributed by atoms with Crippen LogP contribution in [0.25, 0.3) is 0 Å². The van der Waals surface area contributed by atoms with Crippen LogP contribution in [-0.2, 0) is 11.3 Å². The van der Waals surface area contributed by atoms with Crippen molar-refractivity contribution >= 4 is 11.6 Å². The summed E-state index contributed by atoms with van der Waals surface area (Å²) in [5, 5.41) is 2.92. The molecule has 6 heteroatoms. The van der Waals surface area contributed by atoms with Crippen LogP contribution in [-0.4, -0.2) is 45.0 Å². The summed E-state index contributed by atoms with van der Waals surface area (Å²) in [6, 6.07) is 5.58. The van der Waals surface area contributed by atoms with Crippen molar-refractivity contribution in [3.05, 3.63) is 41.7 Å². The van der Waals surface area contributed by atoms with Gasteiger partial charge in [0.25, 0.3) is 5.91 Å². The average molecular weight is 306 g/mol. The molecule has 0 aromatic heterocycles. The van der Waals surface area contributed by atoms with E-state index in [0.29, 0.717) is 24.5 Å². The predicted octanol–water partition coefficient (Wildman–Crippen LogP) is 1.57. The third kappa shape index (κ3) is 6.15. The molecule has 1 rings (SSSR count). The van der Waals surface area contributed by atoms with Crippen molar-refractivity contribution in [2.45, 2.75) is 13.5 Å². The maximum atomic E-state index is 12.4. The lowest BCUT2D eigenvalue weighted by Gasteiger charge is -2.15. The van der Waals surface area contributed by atoms with Crippen LogP contribution < -0.4 is 16.2 Å². The van der Waals surface area contributed by atoms with Crippen LogP contribution >= 0.6 is 0 Å². The fraction of sp³-hybridized carbons (Fsp3) is 0.438. The Labute approximate surface area is 132 Å². The Morgan fingerprint density at radius 3 is 2.68 bits per heavy atom. The summed E-state index contributed by atoms with van der Waals surface area (Å²) < 4.78 is 5.44. The molecule has 0 spiro atoms. The van der Waals surface area contributed by atoms with Gasteiger partial charge in [0, 0.05) is 37.0 Å². The van der Waals surface area contributed by atoms with Crippen molar-refractivity contribution in [2.24, 2.45) is 0 Å². The van der Waals surface area contributed by atoms with Gasteiger partial charge in [-0.25, -0.2) is 5.43 Å². The number of hydrogen-bond donors (Lipinski definition) is 3. The molecule has 22 heavy (non-hydrogen) atoms. The van der Waals surface area contributed by atoms with E-state index in [1.165, 1.54) is 0 Å². The standard InChI is InChI=1S/C16H26N4O2/c1-12(2)22-11-13-6-7-14(19-17-3)10-15(13)16(21)18-8-9-20(4)5/h6-7,10,17,19H,1,8-9,11H2,2-5H3,(H,18,21). The van der Waals surface area contributed by atoms with E-state index in [4.69, 9.17) is 4.74 Å². The molecule has 0 radical (unpaired) electrons. The zero-order chi connectivity index (χ0) is 16.5. The number of hydrogen-bond acceptors (Lipinski definition) is 5. The number of allylic oxidation sites excluding steroid dienone is 1. The van der Waals surface area contributed by atoms with E-state index in [9.17, 15) is 4.79 Å². The average Bonchev–Trinajstić information content (AvgIpc) is 2.45. The number of benzene rings is 1. The van der Waals surface area contributed by atoms with Gasteiger partial charge in [-0.05, 0) is 33.2 Å². The van der Waals surface area contributed by atoms with E-state index in [2.05, 4.69) is 22.7 Å². The van der Waals surface area contributed by atoms with Crippen molar-refractivity contribution in [3.63, 3.8) is 0 Å². The van der Waals surface area contributed by atoms with Crippen molar-refractivity contribution in [1.82, 2.24) is 15.6 Å². The number of ether oxygens (including phenoxy) is 1. The summed E-state index contributed by atoms with van der Waals surface area (Å²) in [4.78, 5) is 14.4. The number of rotatable bonds is 9. The second kappa shape index (κ2) is 9.07. The van der Waals surface area contributed by atoms with Crippen molar-refractivity contribution in [3.8, 4) is 0 Å². The molecular formula is C16H26N4O2. The lowest BCUT2D eigenvalue weighted by Crippen LogP contribution is -2.32. The van der Waals surface area contributed by atoms with Crippen LogP contribution in [0.4, 0.5) is 5.69 Å². The van der Waals surface area contributed by atoms with Gasteiger partial charge in [-0.3, -0.25) is 4.79 Å². The molecule has 0 atom stereocenters. The minimum Gasteiger partial charge on any atom is -0.494 e. The monoisotopic (exact) mass is 306 g/mol. The highest BCUT2D eigenvalue weighted by Gasteiger charge is 2.13.